The maximum Gasteiger partial charge on any atom is 0.274 e. The van der Waals surface area contributed by atoms with Gasteiger partial charge >= 0.3 is 0 Å². The number of hydrogen-bond acceptors (Lipinski definition) is 8. The molecule has 4 rings (SSSR count). The van der Waals surface area contributed by atoms with Gasteiger partial charge in [-0.05, 0) is 31.5 Å². The Hall–Kier alpha value is -3.43. The molecule has 31 heavy (non-hydrogen) atoms. The van der Waals surface area contributed by atoms with Gasteiger partial charge in [0.1, 0.15) is 12.3 Å². The van der Waals surface area contributed by atoms with E-state index >= 15 is 0 Å². The predicted molar refractivity (Wildman–Crippen MR) is 111 cm³/mol. The maximum atomic E-state index is 12.6. The van der Waals surface area contributed by atoms with E-state index in [2.05, 4.69) is 22.2 Å². The van der Waals surface area contributed by atoms with Crippen LogP contribution >= 0.6 is 0 Å². The van der Waals surface area contributed by atoms with E-state index in [4.69, 9.17) is 14.0 Å². The fourth-order valence-corrected chi connectivity index (χ4v) is 3.41. The van der Waals surface area contributed by atoms with Crippen LogP contribution in [-0.4, -0.2) is 64.0 Å². The van der Waals surface area contributed by atoms with E-state index in [0.717, 1.165) is 12.8 Å². The van der Waals surface area contributed by atoms with E-state index in [0.29, 0.717) is 48.1 Å². The summed E-state index contributed by atoms with van der Waals surface area (Å²) in [4.78, 5) is 31.1. The van der Waals surface area contributed by atoms with E-state index in [1.54, 1.807) is 17.0 Å². The molecule has 2 amide bonds. The fraction of sp³-hybridized carbons (Fsp3) is 0.476. The van der Waals surface area contributed by atoms with Crippen molar-refractivity contribution in [3.63, 3.8) is 0 Å². The lowest BCUT2D eigenvalue weighted by atomic mass is 10.1. The molecule has 0 radical (unpaired) electrons. The number of unbranched alkanes of at least 4 members (excludes halogenated alkanes) is 1. The highest BCUT2D eigenvalue weighted by Crippen LogP contribution is 2.35. The number of carbonyl (C=O) groups excluding carboxylic acids is 2. The summed E-state index contributed by atoms with van der Waals surface area (Å²) >= 11 is 0. The van der Waals surface area contributed by atoms with Gasteiger partial charge in [0.25, 0.3) is 5.89 Å². The topological polar surface area (TPSA) is 110 Å². The summed E-state index contributed by atoms with van der Waals surface area (Å²) in [6.45, 7) is 5.36. The molecule has 0 unspecified atom stereocenters. The third kappa shape index (κ3) is 4.52. The highest BCUT2D eigenvalue weighted by atomic mass is 16.7. The standard InChI is InChI=1S/C21H25N5O5/c1-3-5-10-25(4-2)19(28)12-26-18(27)9-7-15(23-26)21-22-20(24-31-21)14-6-8-16-17(11-14)30-13-29-16/h6,8,11H,3-5,7,9-10,12-13H2,1-2H3. The Morgan fingerprint density at radius 3 is 2.84 bits per heavy atom. The number of benzene rings is 1. The quantitative estimate of drug-likeness (QED) is 0.636. The van der Waals surface area contributed by atoms with Crippen LogP contribution in [0.2, 0.25) is 0 Å². The molecule has 10 heteroatoms. The van der Waals surface area contributed by atoms with Crippen LogP contribution < -0.4 is 9.47 Å². The van der Waals surface area contributed by atoms with Crippen LogP contribution in [0.5, 0.6) is 11.5 Å². The Kier molecular flexibility index (Phi) is 6.15. The monoisotopic (exact) mass is 427 g/mol. The number of ether oxygens (including phenoxy) is 2. The molecule has 0 atom stereocenters. The van der Waals surface area contributed by atoms with Crippen molar-refractivity contribution in [2.75, 3.05) is 26.4 Å². The average Bonchev–Trinajstić information content (AvgIpc) is 3.45. The van der Waals surface area contributed by atoms with E-state index in [1.165, 1.54) is 5.01 Å². The van der Waals surface area contributed by atoms with Gasteiger partial charge in [-0.15, -0.1) is 0 Å². The van der Waals surface area contributed by atoms with Crippen LogP contribution in [0.4, 0.5) is 0 Å². The van der Waals surface area contributed by atoms with Crippen molar-refractivity contribution in [3.05, 3.63) is 24.1 Å². The van der Waals surface area contributed by atoms with Crippen molar-refractivity contribution in [3.8, 4) is 22.9 Å². The summed E-state index contributed by atoms with van der Waals surface area (Å²) in [6, 6.07) is 5.38. The van der Waals surface area contributed by atoms with E-state index < -0.39 is 0 Å². The van der Waals surface area contributed by atoms with Crippen molar-refractivity contribution >= 4 is 17.5 Å². The van der Waals surface area contributed by atoms with Crippen LogP contribution in [0.15, 0.2) is 27.8 Å². The molecule has 3 heterocycles. The maximum absolute atomic E-state index is 12.6. The second kappa shape index (κ2) is 9.15. The summed E-state index contributed by atoms with van der Waals surface area (Å²) in [5.41, 5.74) is 1.21. The van der Waals surface area contributed by atoms with Crippen molar-refractivity contribution < 1.29 is 23.6 Å². The smallest absolute Gasteiger partial charge is 0.274 e. The zero-order chi connectivity index (χ0) is 21.8. The molecule has 0 saturated heterocycles. The molecule has 1 aromatic heterocycles. The zero-order valence-electron chi connectivity index (χ0n) is 17.7. The molecule has 2 aliphatic heterocycles. The number of fused-ring (bicyclic) bond motifs is 1. The van der Waals surface area contributed by atoms with Gasteiger partial charge in [-0.2, -0.15) is 10.1 Å². The van der Waals surface area contributed by atoms with Crippen molar-refractivity contribution in [2.45, 2.75) is 39.5 Å². The first-order chi connectivity index (χ1) is 15.1. The molecule has 1 aromatic carbocycles. The lowest BCUT2D eigenvalue weighted by Crippen LogP contribution is -2.42. The molecular weight excluding hydrogens is 402 g/mol. The van der Waals surface area contributed by atoms with Crippen molar-refractivity contribution in [2.24, 2.45) is 5.10 Å². The van der Waals surface area contributed by atoms with Crippen LogP contribution in [0, 0.1) is 0 Å². The van der Waals surface area contributed by atoms with Gasteiger partial charge in [-0.1, -0.05) is 18.5 Å². The number of aromatic nitrogens is 2. The van der Waals surface area contributed by atoms with Gasteiger partial charge in [-0.3, -0.25) is 9.59 Å². The first kappa shape index (κ1) is 20.8. The second-order valence-electron chi connectivity index (χ2n) is 7.32. The molecule has 0 spiro atoms. The molecule has 0 N–H and O–H groups in total. The third-order valence-corrected chi connectivity index (χ3v) is 5.21. The number of nitrogens with zero attached hydrogens (tertiary/aromatic N) is 5. The Morgan fingerprint density at radius 1 is 1.19 bits per heavy atom. The molecule has 2 aliphatic rings. The molecule has 10 nitrogen and oxygen atoms in total. The van der Waals surface area contributed by atoms with Crippen LogP contribution in [0.3, 0.4) is 0 Å². The number of hydrazone groups is 1. The van der Waals surface area contributed by atoms with Gasteiger partial charge in [0, 0.05) is 31.5 Å². The second-order valence-corrected chi connectivity index (χ2v) is 7.32. The predicted octanol–water partition coefficient (Wildman–Crippen LogP) is 2.44. The average molecular weight is 427 g/mol. The minimum atomic E-state index is -0.195. The van der Waals surface area contributed by atoms with Gasteiger partial charge < -0.3 is 18.9 Å². The Balaban J connectivity index is 1.49. The minimum Gasteiger partial charge on any atom is -0.454 e. The minimum absolute atomic E-state index is 0.0942. The summed E-state index contributed by atoms with van der Waals surface area (Å²) < 4.78 is 16.1. The van der Waals surface area contributed by atoms with Crippen molar-refractivity contribution in [1.29, 1.82) is 0 Å². The molecule has 0 fully saturated rings. The first-order valence-corrected chi connectivity index (χ1v) is 10.5. The summed E-state index contributed by atoms with van der Waals surface area (Å²) in [6.07, 6.45) is 2.53. The van der Waals surface area contributed by atoms with Crippen LogP contribution in [-0.2, 0) is 9.59 Å². The number of amides is 2. The van der Waals surface area contributed by atoms with Crippen LogP contribution in [0.25, 0.3) is 11.4 Å². The van der Waals surface area contributed by atoms with Crippen molar-refractivity contribution in [1.82, 2.24) is 20.0 Å². The highest BCUT2D eigenvalue weighted by molar-refractivity contribution is 6.01. The number of likely N-dealkylation sites (N-methyl/N-ethyl adjacent to an activating group) is 1. The lowest BCUT2D eigenvalue weighted by molar-refractivity contribution is -0.140. The zero-order valence-corrected chi connectivity index (χ0v) is 17.7. The molecule has 164 valence electrons. The Morgan fingerprint density at radius 2 is 2.03 bits per heavy atom. The fourth-order valence-electron chi connectivity index (χ4n) is 3.41. The third-order valence-electron chi connectivity index (χ3n) is 5.21. The first-order valence-electron chi connectivity index (χ1n) is 10.5. The molecule has 0 saturated carbocycles. The Labute approximate surface area is 179 Å². The van der Waals surface area contributed by atoms with Gasteiger partial charge in [0.05, 0.1) is 0 Å². The van der Waals surface area contributed by atoms with E-state index in [-0.39, 0.29) is 37.5 Å². The van der Waals surface area contributed by atoms with Gasteiger partial charge in [-0.25, -0.2) is 5.01 Å². The lowest BCUT2D eigenvalue weighted by Gasteiger charge is -2.26. The largest absolute Gasteiger partial charge is 0.454 e. The highest BCUT2D eigenvalue weighted by Gasteiger charge is 2.28. The van der Waals surface area contributed by atoms with Crippen LogP contribution in [0.1, 0.15) is 45.4 Å². The Bertz CT molecular complexity index is 1000. The molecular formula is C21H25N5O5. The molecule has 2 aromatic rings. The summed E-state index contributed by atoms with van der Waals surface area (Å²) in [5, 5.41) is 9.58. The van der Waals surface area contributed by atoms with E-state index in [9.17, 15) is 9.59 Å². The molecule has 0 aliphatic carbocycles. The number of hydrogen-bond donors (Lipinski definition) is 0. The van der Waals surface area contributed by atoms with Gasteiger partial charge in [0.15, 0.2) is 11.5 Å². The summed E-state index contributed by atoms with van der Waals surface area (Å²) in [7, 11) is 0. The van der Waals surface area contributed by atoms with Gasteiger partial charge in [0.2, 0.25) is 24.4 Å². The SMILES string of the molecule is CCCCN(CC)C(=O)CN1N=C(c2nc(-c3ccc4c(c3)OCO4)no2)CCC1=O. The number of carbonyl (C=O) groups is 2. The molecule has 0 bridgehead atoms. The van der Waals surface area contributed by atoms with E-state index in [1.807, 2.05) is 13.0 Å². The summed E-state index contributed by atoms with van der Waals surface area (Å²) in [5.74, 6) is 1.59. The normalized spacial score (nSPS) is 15.2. The number of rotatable bonds is 8.